The van der Waals surface area contributed by atoms with Crippen LogP contribution in [0.2, 0.25) is 0 Å². The van der Waals surface area contributed by atoms with Gasteiger partial charge in [0.1, 0.15) is 0 Å². The molecule has 0 saturated carbocycles. The Morgan fingerprint density at radius 1 is 1.09 bits per heavy atom. The maximum absolute atomic E-state index is 11.6. The van der Waals surface area contributed by atoms with E-state index in [-0.39, 0.29) is 0 Å². The van der Waals surface area contributed by atoms with E-state index in [0.29, 0.717) is 11.4 Å². The summed E-state index contributed by atoms with van der Waals surface area (Å²) in [4.78, 5) is 4.78. The molecule has 118 valence electrons. The molecular weight excluding hydrogens is 308 g/mol. The van der Waals surface area contributed by atoms with Crippen molar-refractivity contribution >= 4 is 26.4 Å². The first-order valence-electron chi connectivity index (χ1n) is 7.32. The number of rotatable bonds is 4. The number of aromatic nitrogens is 1. The van der Waals surface area contributed by atoms with Gasteiger partial charge in [-0.2, -0.15) is 0 Å². The SMILES string of the molecule is Cc1cc(S(C)(=O)=O)ccc1NCc1cccc2cccnc12. The number of sulfone groups is 1. The lowest BCUT2D eigenvalue weighted by Crippen LogP contribution is -2.04. The highest BCUT2D eigenvalue weighted by Crippen LogP contribution is 2.22. The van der Waals surface area contributed by atoms with E-state index in [4.69, 9.17) is 0 Å². The minimum Gasteiger partial charge on any atom is -0.381 e. The minimum atomic E-state index is -3.18. The third-order valence-corrected chi connectivity index (χ3v) is 4.92. The van der Waals surface area contributed by atoms with Crippen LogP contribution in [0.5, 0.6) is 0 Å². The number of benzene rings is 2. The summed E-state index contributed by atoms with van der Waals surface area (Å²) in [6.45, 7) is 2.53. The molecule has 0 spiro atoms. The van der Waals surface area contributed by atoms with Crippen LogP contribution in [0.15, 0.2) is 59.6 Å². The molecule has 0 atom stereocenters. The van der Waals surface area contributed by atoms with E-state index in [9.17, 15) is 8.42 Å². The van der Waals surface area contributed by atoms with Crippen LogP contribution in [0.3, 0.4) is 0 Å². The number of hydrogen-bond acceptors (Lipinski definition) is 4. The average molecular weight is 326 g/mol. The highest BCUT2D eigenvalue weighted by atomic mass is 32.2. The van der Waals surface area contributed by atoms with Crippen LogP contribution in [0.1, 0.15) is 11.1 Å². The van der Waals surface area contributed by atoms with E-state index in [1.54, 1.807) is 18.3 Å². The molecule has 0 amide bonds. The van der Waals surface area contributed by atoms with Gasteiger partial charge in [-0.1, -0.05) is 24.3 Å². The topological polar surface area (TPSA) is 59.1 Å². The van der Waals surface area contributed by atoms with Gasteiger partial charge < -0.3 is 5.32 Å². The number of anilines is 1. The lowest BCUT2D eigenvalue weighted by molar-refractivity contribution is 0.602. The van der Waals surface area contributed by atoms with Crippen molar-refractivity contribution in [3.8, 4) is 0 Å². The molecule has 0 aliphatic carbocycles. The number of pyridine rings is 1. The van der Waals surface area contributed by atoms with Crippen molar-refractivity contribution in [1.82, 2.24) is 4.98 Å². The molecule has 1 aromatic heterocycles. The smallest absolute Gasteiger partial charge is 0.175 e. The number of nitrogens with zero attached hydrogens (tertiary/aromatic N) is 1. The van der Waals surface area contributed by atoms with Crippen LogP contribution >= 0.6 is 0 Å². The van der Waals surface area contributed by atoms with E-state index in [2.05, 4.69) is 10.3 Å². The Labute approximate surface area is 136 Å². The largest absolute Gasteiger partial charge is 0.381 e. The van der Waals surface area contributed by atoms with Gasteiger partial charge in [0.15, 0.2) is 9.84 Å². The summed E-state index contributed by atoms with van der Waals surface area (Å²) >= 11 is 0. The second-order valence-electron chi connectivity index (χ2n) is 5.59. The molecule has 3 rings (SSSR count). The molecule has 1 heterocycles. The summed E-state index contributed by atoms with van der Waals surface area (Å²) in [5.41, 5.74) is 3.91. The molecule has 1 N–H and O–H groups in total. The highest BCUT2D eigenvalue weighted by Gasteiger charge is 2.09. The van der Waals surface area contributed by atoms with Crippen LogP contribution in [0.25, 0.3) is 10.9 Å². The summed E-state index contributed by atoms with van der Waals surface area (Å²) in [7, 11) is -3.18. The molecule has 0 radical (unpaired) electrons. The predicted molar refractivity (Wildman–Crippen MR) is 93.4 cm³/mol. The van der Waals surface area contributed by atoms with Gasteiger partial charge >= 0.3 is 0 Å². The maximum Gasteiger partial charge on any atom is 0.175 e. The van der Waals surface area contributed by atoms with Gasteiger partial charge in [-0.05, 0) is 42.3 Å². The Morgan fingerprint density at radius 3 is 2.61 bits per heavy atom. The van der Waals surface area contributed by atoms with E-state index < -0.39 is 9.84 Å². The van der Waals surface area contributed by atoms with Crippen molar-refractivity contribution in [2.24, 2.45) is 0 Å². The van der Waals surface area contributed by atoms with E-state index in [1.165, 1.54) is 6.26 Å². The summed E-state index contributed by atoms with van der Waals surface area (Å²) < 4.78 is 23.2. The second-order valence-corrected chi connectivity index (χ2v) is 7.61. The average Bonchev–Trinajstić information content (AvgIpc) is 2.53. The van der Waals surface area contributed by atoms with E-state index in [1.807, 2.05) is 43.3 Å². The van der Waals surface area contributed by atoms with Crippen LogP contribution < -0.4 is 5.32 Å². The van der Waals surface area contributed by atoms with Gasteiger partial charge in [0, 0.05) is 30.1 Å². The van der Waals surface area contributed by atoms with Crippen molar-refractivity contribution in [3.05, 3.63) is 65.9 Å². The van der Waals surface area contributed by atoms with Gasteiger partial charge in [-0.15, -0.1) is 0 Å². The molecular formula is C18H18N2O2S. The molecule has 2 aromatic carbocycles. The number of aryl methyl sites for hydroxylation is 1. The Bertz CT molecular complexity index is 960. The van der Waals surface area contributed by atoms with E-state index >= 15 is 0 Å². The molecule has 4 nitrogen and oxygen atoms in total. The quantitative estimate of drug-likeness (QED) is 0.796. The zero-order chi connectivity index (χ0) is 16.4. The molecule has 3 aromatic rings. The summed E-state index contributed by atoms with van der Waals surface area (Å²) in [6.07, 6.45) is 3.01. The molecule has 0 aliphatic rings. The second kappa shape index (κ2) is 6.01. The van der Waals surface area contributed by atoms with Crippen molar-refractivity contribution < 1.29 is 8.42 Å². The first-order chi connectivity index (χ1) is 10.9. The summed E-state index contributed by atoms with van der Waals surface area (Å²) in [5, 5.41) is 4.47. The Hall–Kier alpha value is -2.40. The van der Waals surface area contributed by atoms with Gasteiger partial charge in [-0.3, -0.25) is 4.98 Å². The van der Waals surface area contributed by atoms with Crippen LogP contribution in [0.4, 0.5) is 5.69 Å². The number of para-hydroxylation sites is 1. The first-order valence-corrected chi connectivity index (χ1v) is 9.21. The lowest BCUT2D eigenvalue weighted by Gasteiger charge is -2.12. The van der Waals surface area contributed by atoms with Gasteiger partial charge in [0.05, 0.1) is 10.4 Å². The lowest BCUT2D eigenvalue weighted by atomic mass is 10.1. The van der Waals surface area contributed by atoms with Crippen molar-refractivity contribution in [2.75, 3.05) is 11.6 Å². The maximum atomic E-state index is 11.6. The molecule has 0 unspecified atom stereocenters. The summed E-state index contributed by atoms with van der Waals surface area (Å²) in [5.74, 6) is 0. The van der Waals surface area contributed by atoms with Gasteiger partial charge in [-0.25, -0.2) is 8.42 Å². The minimum absolute atomic E-state index is 0.340. The fourth-order valence-corrected chi connectivity index (χ4v) is 3.27. The van der Waals surface area contributed by atoms with Crippen LogP contribution in [-0.4, -0.2) is 19.7 Å². The number of fused-ring (bicyclic) bond motifs is 1. The monoisotopic (exact) mass is 326 g/mol. The molecule has 5 heteroatoms. The fourth-order valence-electron chi connectivity index (χ4n) is 2.57. The standard InChI is InChI=1S/C18H18N2O2S/c1-13-11-16(23(2,21)22)8-9-17(13)20-12-15-6-3-5-14-7-4-10-19-18(14)15/h3-11,20H,12H2,1-2H3. The van der Waals surface area contributed by atoms with Crippen molar-refractivity contribution in [3.63, 3.8) is 0 Å². The van der Waals surface area contributed by atoms with Crippen molar-refractivity contribution in [1.29, 1.82) is 0 Å². The van der Waals surface area contributed by atoms with Gasteiger partial charge in [0.2, 0.25) is 0 Å². The van der Waals surface area contributed by atoms with Crippen LogP contribution in [-0.2, 0) is 16.4 Å². The van der Waals surface area contributed by atoms with Crippen molar-refractivity contribution in [2.45, 2.75) is 18.4 Å². The fraction of sp³-hybridized carbons (Fsp3) is 0.167. The molecule has 0 saturated heterocycles. The Kier molecular flexibility index (Phi) is 4.05. The van der Waals surface area contributed by atoms with E-state index in [0.717, 1.165) is 27.7 Å². The zero-order valence-corrected chi connectivity index (χ0v) is 13.9. The highest BCUT2D eigenvalue weighted by molar-refractivity contribution is 7.90. The molecule has 23 heavy (non-hydrogen) atoms. The Balaban J connectivity index is 1.86. The normalized spacial score (nSPS) is 11.6. The predicted octanol–water partition coefficient (Wildman–Crippen LogP) is 3.56. The summed E-state index contributed by atoms with van der Waals surface area (Å²) in [6, 6.07) is 15.2. The molecule has 0 aliphatic heterocycles. The zero-order valence-electron chi connectivity index (χ0n) is 13.1. The Morgan fingerprint density at radius 2 is 1.87 bits per heavy atom. The molecule has 0 bridgehead atoms. The third-order valence-electron chi connectivity index (χ3n) is 3.81. The van der Waals surface area contributed by atoms with Gasteiger partial charge in [0.25, 0.3) is 0 Å². The first kappa shape index (κ1) is 15.5. The third kappa shape index (κ3) is 3.35. The molecule has 0 fully saturated rings. The van der Waals surface area contributed by atoms with Crippen LogP contribution in [0, 0.1) is 6.92 Å². The number of nitrogens with one attached hydrogen (secondary N) is 1. The number of hydrogen-bond donors (Lipinski definition) is 1.